The number of aromatic nitrogens is 2. The first-order chi connectivity index (χ1) is 8.83. The second kappa shape index (κ2) is 4.49. The fraction of sp³-hybridized carbons (Fsp3) is 0.0625. The number of hydrogen-bond acceptors (Lipinski definition) is 1. The van der Waals surface area contributed by atoms with Gasteiger partial charge in [0.1, 0.15) is 5.82 Å². The summed E-state index contributed by atoms with van der Waals surface area (Å²) in [6.07, 6.45) is 1.85. The van der Waals surface area contributed by atoms with Gasteiger partial charge < -0.3 is 4.98 Å². The van der Waals surface area contributed by atoms with E-state index in [9.17, 15) is 0 Å². The van der Waals surface area contributed by atoms with Crippen molar-refractivity contribution in [3.63, 3.8) is 0 Å². The van der Waals surface area contributed by atoms with Crippen molar-refractivity contribution < 1.29 is 0 Å². The van der Waals surface area contributed by atoms with Gasteiger partial charge in [-0.05, 0) is 18.1 Å². The van der Waals surface area contributed by atoms with Crippen LogP contribution >= 0.6 is 0 Å². The lowest BCUT2D eigenvalue weighted by molar-refractivity contribution is 1.26. The Morgan fingerprint density at radius 3 is 2.00 bits per heavy atom. The summed E-state index contributed by atoms with van der Waals surface area (Å²) in [4.78, 5) is 7.57. The van der Waals surface area contributed by atoms with Gasteiger partial charge in [-0.1, -0.05) is 54.6 Å². The Balaban J connectivity index is 1.94. The number of rotatable bonds is 2. The van der Waals surface area contributed by atoms with E-state index in [0.29, 0.717) is 0 Å². The van der Waals surface area contributed by atoms with Crippen LogP contribution in [0.15, 0.2) is 60.8 Å². The smallest absolute Gasteiger partial charge is 0.137 e. The SMILES string of the molecule is Cc1cnc(-c2ccc(-c3ccccc3)cc2)[nH]1. The molecular formula is C16H14N2. The lowest BCUT2D eigenvalue weighted by Crippen LogP contribution is -1.82. The minimum absolute atomic E-state index is 0.923. The minimum Gasteiger partial charge on any atom is -0.342 e. The van der Waals surface area contributed by atoms with Crippen molar-refractivity contribution in [2.45, 2.75) is 6.92 Å². The molecule has 2 heteroatoms. The molecule has 1 aromatic heterocycles. The summed E-state index contributed by atoms with van der Waals surface area (Å²) in [5.41, 5.74) is 4.65. The van der Waals surface area contributed by atoms with Crippen molar-refractivity contribution in [3.05, 3.63) is 66.5 Å². The van der Waals surface area contributed by atoms with E-state index in [1.54, 1.807) is 0 Å². The van der Waals surface area contributed by atoms with Gasteiger partial charge in [0.25, 0.3) is 0 Å². The zero-order valence-electron chi connectivity index (χ0n) is 10.2. The average Bonchev–Trinajstić information content (AvgIpc) is 2.87. The molecule has 2 nitrogen and oxygen atoms in total. The Morgan fingerprint density at radius 1 is 0.778 bits per heavy atom. The molecule has 1 N–H and O–H groups in total. The maximum absolute atomic E-state index is 4.33. The topological polar surface area (TPSA) is 28.7 Å². The van der Waals surface area contributed by atoms with Gasteiger partial charge in [-0.2, -0.15) is 0 Å². The zero-order chi connectivity index (χ0) is 12.4. The first-order valence-corrected chi connectivity index (χ1v) is 6.00. The molecule has 0 amide bonds. The molecule has 0 fully saturated rings. The van der Waals surface area contributed by atoms with Gasteiger partial charge in [0.2, 0.25) is 0 Å². The van der Waals surface area contributed by atoms with E-state index in [0.717, 1.165) is 17.1 Å². The summed E-state index contributed by atoms with van der Waals surface area (Å²) in [7, 11) is 0. The van der Waals surface area contributed by atoms with Crippen LogP contribution in [0.4, 0.5) is 0 Å². The predicted molar refractivity (Wildman–Crippen MR) is 74.2 cm³/mol. The number of H-pyrrole nitrogens is 1. The second-order valence-electron chi connectivity index (χ2n) is 4.36. The fourth-order valence-electron chi connectivity index (χ4n) is 2.01. The van der Waals surface area contributed by atoms with Crippen molar-refractivity contribution in [2.75, 3.05) is 0 Å². The van der Waals surface area contributed by atoms with Gasteiger partial charge in [-0.25, -0.2) is 4.98 Å². The van der Waals surface area contributed by atoms with Crippen LogP contribution in [-0.2, 0) is 0 Å². The Kier molecular flexibility index (Phi) is 2.69. The van der Waals surface area contributed by atoms with Crippen LogP contribution in [0.5, 0.6) is 0 Å². The summed E-state index contributed by atoms with van der Waals surface area (Å²) >= 11 is 0. The summed E-state index contributed by atoms with van der Waals surface area (Å²) in [6.45, 7) is 2.01. The number of benzene rings is 2. The Labute approximate surface area is 106 Å². The molecule has 0 aliphatic rings. The van der Waals surface area contributed by atoms with E-state index in [1.165, 1.54) is 11.1 Å². The average molecular weight is 234 g/mol. The van der Waals surface area contributed by atoms with Crippen molar-refractivity contribution in [1.29, 1.82) is 0 Å². The van der Waals surface area contributed by atoms with Crippen LogP contribution in [0.2, 0.25) is 0 Å². The third-order valence-electron chi connectivity index (χ3n) is 2.97. The van der Waals surface area contributed by atoms with E-state index in [-0.39, 0.29) is 0 Å². The maximum Gasteiger partial charge on any atom is 0.137 e. The van der Waals surface area contributed by atoms with Crippen LogP contribution < -0.4 is 0 Å². The number of hydrogen-bond donors (Lipinski definition) is 1. The molecule has 88 valence electrons. The molecule has 0 aliphatic heterocycles. The van der Waals surface area contributed by atoms with Gasteiger partial charge in [0, 0.05) is 17.5 Å². The van der Waals surface area contributed by atoms with E-state index < -0.39 is 0 Å². The Morgan fingerprint density at radius 2 is 1.39 bits per heavy atom. The number of aromatic amines is 1. The molecule has 0 aliphatic carbocycles. The standard InChI is InChI=1S/C16H14N2/c1-12-11-17-16(18-12)15-9-7-14(8-10-15)13-5-3-2-4-6-13/h2-11H,1H3,(H,17,18). The largest absolute Gasteiger partial charge is 0.342 e. The minimum atomic E-state index is 0.923. The van der Waals surface area contributed by atoms with Gasteiger partial charge in [0.15, 0.2) is 0 Å². The van der Waals surface area contributed by atoms with Crippen LogP contribution in [-0.4, -0.2) is 9.97 Å². The van der Waals surface area contributed by atoms with Crippen LogP contribution in [0.3, 0.4) is 0 Å². The van der Waals surface area contributed by atoms with Crippen molar-refractivity contribution in [3.8, 4) is 22.5 Å². The lowest BCUT2D eigenvalue weighted by atomic mass is 10.0. The van der Waals surface area contributed by atoms with Crippen LogP contribution in [0.1, 0.15) is 5.69 Å². The number of nitrogens with zero attached hydrogens (tertiary/aromatic N) is 1. The third-order valence-corrected chi connectivity index (χ3v) is 2.97. The van der Waals surface area contributed by atoms with Gasteiger partial charge in [-0.15, -0.1) is 0 Å². The molecule has 0 saturated carbocycles. The van der Waals surface area contributed by atoms with Gasteiger partial charge >= 0.3 is 0 Å². The van der Waals surface area contributed by atoms with E-state index in [2.05, 4.69) is 58.5 Å². The first kappa shape index (κ1) is 10.8. The summed E-state index contributed by atoms with van der Waals surface area (Å²) in [5, 5.41) is 0. The van der Waals surface area contributed by atoms with Crippen LogP contribution in [0, 0.1) is 6.92 Å². The van der Waals surface area contributed by atoms with Gasteiger partial charge in [-0.3, -0.25) is 0 Å². The zero-order valence-corrected chi connectivity index (χ0v) is 10.2. The highest BCUT2D eigenvalue weighted by atomic mass is 14.9. The van der Waals surface area contributed by atoms with Gasteiger partial charge in [0.05, 0.1) is 0 Å². The molecule has 2 aromatic carbocycles. The molecule has 18 heavy (non-hydrogen) atoms. The molecular weight excluding hydrogens is 220 g/mol. The lowest BCUT2D eigenvalue weighted by Gasteiger charge is -2.02. The highest BCUT2D eigenvalue weighted by Gasteiger charge is 2.02. The molecule has 0 atom stereocenters. The molecule has 0 saturated heterocycles. The summed E-state index contributed by atoms with van der Waals surface area (Å²) in [6, 6.07) is 18.8. The number of nitrogens with one attached hydrogen (secondary N) is 1. The molecule has 3 aromatic rings. The Bertz CT molecular complexity index is 636. The first-order valence-electron chi connectivity index (χ1n) is 6.00. The summed E-state index contributed by atoms with van der Waals surface area (Å²) < 4.78 is 0. The highest BCUT2D eigenvalue weighted by molar-refractivity contribution is 5.67. The second-order valence-corrected chi connectivity index (χ2v) is 4.36. The third kappa shape index (κ3) is 2.05. The molecule has 0 spiro atoms. The number of imidazole rings is 1. The maximum atomic E-state index is 4.33. The quantitative estimate of drug-likeness (QED) is 0.712. The molecule has 3 rings (SSSR count). The van der Waals surface area contributed by atoms with Crippen LogP contribution in [0.25, 0.3) is 22.5 Å². The van der Waals surface area contributed by atoms with E-state index in [4.69, 9.17) is 0 Å². The monoisotopic (exact) mass is 234 g/mol. The van der Waals surface area contributed by atoms with Crippen molar-refractivity contribution in [1.82, 2.24) is 9.97 Å². The summed E-state index contributed by atoms with van der Waals surface area (Å²) in [5.74, 6) is 0.923. The van der Waals surface area contributed by atoms with Crippen molar-refractivity contribution in [2.24, 2.45) is 0 Å². The van der Waals surface area contributed by atoms with Crippen molar-refractivity contribution >= 4 is 0 Å². The molecule has 0 unspecified atom stereocenters. The van der Waals surface area contributed by atoms with E-state index in [1.807, 2.05) is 19.2 Å². The predicted octanol–water partition coefficient (Wildman–Crippen LogP) is 4.05. The fourth-order valence-corrected chi connectivity index (χ4v) is 2.01. The molecule has 0 radical (unpaired) electrons. The Hall–Kier alpha value is -2.35. The molecule has 0 bridgehead atoms. The number of aryl methyl sites for hydroxylation is 1. The highest BCUT2D eigenvalue weighted by Crippen LogP contribution is 2.22. The van der Waals surface area contributed by atoms with E-state index >= 15 is 0 Å². The normalized spacial score (nSPS) is 10.5. The molecule has 1 heterocycles.